The maximum atomic E-state index is 12.7. The molecule has 4 rings (SSSR count). The first-order valence-corrected chi connectivity index (χ1v) is 11.7. The SMILES string of the molecule is CC1CCN([C@@H](CNC(=O)c2ccc(-c3cccs3)[nH]c2=O)c2cccs2)CC1. The molecular formula is C22H25N3O2S2. The van der Waals surface area contributed by atoms with Gasteiger partial charge in [0.1, 0.15) is 5.56 Å². The Morgan fingerprint density at radius 1 is 1.17 bits per heavy atom. The van der Waals surface area contributed by atoms with Crippen molar-refractivity contribution in [3.8, 4) is 10.6 Å². The maximum Gasteiger partial charge on any atom is 0.261 e. The van der Waals surface area contributed by atoms with Crippen LogP contribution in [-0.2, 0) is 0 Å². The van der Waals surface area contributed by atoms with E-state index in [0.29, 0.717) is 6.54 Å². The molecule has 0 unspecified atom stereocenters. The quantitative estimate of drug-likeness (QED) is 0.614. The van der Waals surface area contributed by atoms with Crippen LogP contribution in [0.3, 0.4) is 0 Å². The zero-order chi connectivity index (χ0) is 20.2. The molecule has 2 N–H and O–H groups in total. The Morgan fingerprint density at radius 2 is 1.93 bits per heavy atom. The Balaban J connectivity index is 1.46. The van der Waals surface area contributed by atoms with Gasteiger partial charge in [0, 0.05) is 11.4 Å². The summed E-state index contributed by atoms with van der Waals surface area (Å²) in [6.07, 6.45) is 2.36. The zero-order valence-electron chi connectivity index (χ0n) is 16.4. The number of H-pyrrole nitrogens is 1. The number of hydrogen-bond donors (Lipinski definition) is 2. The van der Waals surface area contributed by atoms with E-state index in [2.05, 4.69) is 39.6 Å². The van der Waals surface area contributed by atoms with Crippen LogP contribution in [0.4, 0.5) is 0 Å². The molecule has 1 fully saturated rings. The first-order valence-electron chi connectivity index (χ1n) is 9.94. The van der Waals surface area contributed by atoms with Crippen molar-refractivity contribution in [2.45, 2.75) is 25.8 Å². The van der Waals surface area contributed by atoms with E-state index in [-0.39, 0.29) is 23.1 Å². The maximum absolute atomic E-state index is 12.7. The summed E-state index contributed by atoms with van der Waals surface area (Å²) in [5.41, 5.74) is 0.538. The molecule has 152 valence electrons. The number of carbonyl (C=O) groups excluding carboxylic acids is 1. The fraction of sp³-hybridized carbons (Fsp3) is 0.364. The number of aromatic nitrogens is 1. The summed E-state index contributed by atoms with van der Waals surface area (Å²) in [4.78, 5) is 32.7. The van der Waals surface area contributed by atoms with Gasteiger partial charge in [0.15, 0.2) is 0 Å². The van der Waals surface area contributed by atoms with Crippen LogP contribution in [0.15, 0.2) is 52.0 Å². The van der Waals surface area contributed by atoms with E-state index in [0.717, 1.165) is 29.6 Å². The van der Waals surface area contributed by atoms with Crippen molar-refractivity contribution in [3.05, 3.63) is 68.0 Å². The number of pyridine rings is 1. The van der Waals surface area contributed by atoms with Crippen LogP contribution < -0.4 is 10.9 Å². The second kappa shape index (κ2) is 9.07. The molecule has 0 aliphatic carbocycles. The fourth-order valence-electron chi connectivity index (χ4n) is 3.74. The Kier molecular flexibility index (Phi) is 6.28. The Bertz CT molecular complexity index is 988. The second-order valence-corrected chi connectivity index (χ2v) is 9.48. The number of nitrogens with zero attached hydrogens (tertiary/aromatic N) is 1. The van der Waals surface area contributed by atoms with Crippen molar-refractivity contribution in [1.82, 2.24) is 15.2 Å². The van der Waals surface area contributed by atoms with E-state index in [4.69, 9.17) is 0 Å². The summed E-state index contributed by atoms with van der Waals surface area (Å²) in [6, 6.07) is 11.6. The van der Waals surface area contributed by atoms with Crippen LogP contribution in [0.2, 0.25) is 0 Å². The molecule has 1 aliphatic rings. The van der Waals surface area contributed by atoms with E-state index in [1.165, 1.54) is 17.7 Å². The predicted octanol–water partition coefficient (Wildman–Crippen LogP) is 4.37. The van der Waals surface area contributed by atoms with Gasteiger partial charge in [-0.25, -0.2) is 0 Å². The topological polar surface area (TPSA) is 65.2 Å². The van der Waals surface area contributed by atoms with Gasteiger partial charge in [-0.15, -0.1) is 22.7 Å². The van der Waals surface area contributed by atoms with Crippen LogP contribution in [0.1, 0.15) is 41.0 Å². The van der Waals surface area contributed by atoms with E-state index >= 15 is 0 Å². The Morgan fingerprint density at radius 3 is 2.59 bits per heavy atom. The smallest absolute Gasteiger partial charge is 0.261 e. The fourth-order valence-corrected chi connectivity index (χ4v) is 5.31. The lowest BCUT2D eigenvalue weighted by molar-refractivity contribution is 0.0913. The third-order valence-electron chi connectivity index (χ3n) is 5.53. The zero-order valence-corrected chi connectivity index (χ0v) is 18.0. The number of nitrogens with one attached hydrogen (secondary N) is 2. The molecule has 3 aromatic heterocycles. The van der Waals surface area contributed by atoms with Gasteiger partial charge in [-0.2, -0.15) is 0 Å². The van der Waals surface area contributed by atoms with Crippen LogP contribution in [0.25, 0.3) is 10.6 Å². The average Bonchev–Trinajstić information content (AvgIpc) is 3.44. The highest BCUT2D eigenvalue weighted by Gasteiger charge is 2.26. The number of carbonyl (C=O) groups is 1. The number of hydrogen-bond acceptors (Lipinski definition) is 5. The lowest BCUT2D eigenvalue weighted by atomic mass is 9.97. The van der Waals surface area contributed by atoms with Gasteiger partial charge in [0.05, 0.1) is 16.6 Å². The molecule has 0 spiro atoms. The minimum absolute atomic E-state index is 0.149. The van der Waals surface area contributed by atoms with Gasteiger partial charge in [-0.05, 0) is 66.9 Å². The molecule has 1 amide bonds. The average molecular weight is 428 g/mol. The first-order chi connectivity index (χ1) is 14.1. The van der Waals surface area contributed by atoms with Crippen molar-refractivity contribution in [3.63, 3.8) is 0 Å². The van der Waals surface area contributed by atoms with Crippen LogP contribution in [0.5, 0.6) is 0 Å². The Hall–Kier alpha value is -2.22. The summed E-state index contributed by atoms with van der Waals surface area (Å²) in [5, 5.41) is 7.03. The molecule has 0 radical (unpaired) electrons. The number of rotatable bonds is 6. The van der Waals surface area contributed by atoms with Gasteiger partial charge < -0.3 is 10.3 Å². The van der Waals surface area contributed by atoms with E-state index in [9.17, 15) is 9.59 Å². The third kappa shape index (κ3) is 4.69. The van der Waals surface area contributed by atoms with Gasteiger partial charge in [-0.3, -0.25) is 14.5 Å². The summed E-state index contributed by atoms with van der Waals surface area (Å²) in [6.45, 7) is 4.87. The summed E-state index contributed by atoms with van der Waals surface area (Å²) < 4.78 is 0. The number of piperidine rings is 1. The molecule has 1 aliphatic heterocycles. The summed E-state index contributed by atoms with van der Waals surface area (Å²) in [7, 11) is 0. The van der Waals surface area contributed by atoms with Gasteiger partial charge in [0.2, 0.25) is 0 Å². The molecule has 1 saturated heterocycles. The van der Waals surface area contributed by atoms with Gasteiger partial charge in [0.25, 0.3) is 11.5 Å². The van der Waals surface area contributed by atoms with Crippen molar-refractivity contribution < 1.29 is 4.79 Å². The molecule has 5 nitrogen and oxygen atoms in total. The molecule has 0 saturated carbocycles. The molecule has 29 heavy (non-hydrogen) atoms. The van der Waals surface area contributed by atoms with Gasteiger partial charge in [-0.1, -0.05) is 19.1 Å². The van der Waals surface area contributed by atoms with Crippen LogP contribution >= 0.6 is 22.7 Å². The molecular weight excluding hydrogens is 402 g/mol. The third-order valence-corrected chi connectivity index (χ3v) is 7.40. The predicted molar refractivity (Wildman–Crippen MR) is 120 cm³/mol. The lowest BCUT2D eigenvalue weighted by Crippen LogP contribution is -2.42. The Labute approximate surface area is 178 Å². The van der Waals surface area contributed by atoms with Crippen molar-refractivity contribution in [2.75, 3.05) is 19.6 Å². The minimum atomic E-state index is -0.354. The number of likely N-dealkylation sites (tertiary alicyclic amines) is 1. The van der Waals surface area contributed by atoms with Crippen LogP contribution in [0, 0.1) is 5.92 Å². The van der Waals surface area contributed by atoms with E-state index in [1.54, 1.807) is 34.8 Å². The van der Waals surface area contributed by atoms with Gasteiger partial charge >= 0.3 is 0 Å². The highest BCUT2D eigenvalue weighted by molar-refractivity contribution is 7.13. The number of thiophene rings is 2. The van der Waals surface area contributed by atoms with Crippen molar-refractivity contribution in [1.29, 1.82) is 0 Å². The molecule has 4 heterocycles. The highest BCUT2D eigenvalue weighted by atomic mass is 32.1. The van der Waals surface area contributed by atoms with E-state index < -0.39 is 0 Å². The molecule has 0 aromatic carbocycles. The largest absolute Gasteiger partial charge is 0.350 e. The summed E-state index contributed by atoms with van der Waals surface area (Å²) in [5.74, 6) is 0.432. The van der Waals surface area contributed by atoms with Crippen molar-refractivity contribution in [2.24, 2.45) is 5.92 Å². The van der Waals surface area contributed by atoms with E-state index in [1.807, 2.05) is 17.5 Å². The highest BCUT2D eigenvalue weighted by Crippen LogP contribution is 2.29. The lowest BCUT2D eigenvalue weighted by Gasteiger charge is -2.36. The summed E-state index contributed by atoms with van der Waals surface area (Å²) >= 11 is 3.27. The molecule has 1 atom stereocenters. The number of aromatic amines is 1. The second-order valence-electron chi connectivity index (χ2n) is 7.55. The molecule has 7 heteroatoms. The first kappa shape index (κ1) is 20.1. The molecule has 0 bridgehead atoms. The minimum Gasteiger partial charge on any atom is -0.350 e. The normalized spacial score (nSPS) is 16.6. The van der Waals surface area contributed by atoms with Crippen LogP contribution in [-0.4, -0.2) is 35.4 Å². The van der Waals surface area contributed by atoms with Crippen molar-refractivity contribution >= 4 is 28.6 Å². The molecule has 3 aromatic rings. The monoisotopic (exact) mass is 427 g/mol. The number of amides is 1. The standard InChI is InChI=1S/C22H25N3O2S2/c1-15-8-10-25(11-9-15)18(20-5-3-13-29-20)14-23-21(26)16-6-7-17(24-22(16)27)19-4-2-12-28-19/h2-7,12-13,15,18H,8-11,14H2,1H3,(H,23,26)(H,24,27)/t18-/m0/s1.